The third kappa shape index (κ3) is 4.63. The lowest BCUT2D eigenvalue weighted by molar-refractivity contribution is 0.00706. The van der Waals surface area contributed by atoms with Gasteiger partial charge in [0.2, 0.25) is 5.82 Å². The van der Waals surface area contributed by atoms with Crippen LogP contribution in [-0.2, 0) is 4.74 Å². The number of benzene rings is 1. The van der Waals surface area contributed by atoms with Crippen LogP contribution < -0.4 is 5.32 Å². The summed E-state index contributed by atoms with van der Waals surface area (Å²) in [4.78, 5) is 12.4. The standard InChI is InChI=1S/C15H15BrN6O2/c1-15(2,3)24-14(23)11-6-10(16)4-5-12(11)18-8-9(7-17)13-19-21-22-20-13/h4-6,8,18H,1-3H3,(H,19,20,21,22). The molecule has 2 rings (SSSR count). The van der Waals surface area contributed by atoms with Gasteiger partial charge in [0.15, 0.2) is 0 Å². The molecule has 0 saturated heterocycles. The number of nitrogens with one attached hydrogen (secondary N) is 2. The summed E-state index contributed by atoms with van der Waals surface area (Å²) in [6.45, 7) is 5.37. The molecular weight excluding hydrogens is 376 g/mol. The number of aromatic amines is 1. The van der Waals surface area contributed by atoms with Crippen LogP contribution in [0.25, 0.3) is 5.57 Å². The number of carbonyl (C=O) groups is 1. The van der Waals surface area contributed by atoms with Crippen LogP contribution in [0.15, 0.2) is 28.9 Å². The van der Waals surface area contributed by atoms with E-state index >= 15 is 0 Å². The Hall–Kier alpha value is -2.73. The lowest BCUT2D eigenvalue weighted by Crippen LogP contribution is -2.24. The Balaban J connectivity index is 2.31. The zero-order valence-electron chi connectivity index (χ0n) is 13.3. The molecule has 9 heteroatoms. The average Bonchev–Trinajstić information content (AvgIpc) is 3.01. The number of nitriles is 1. The molecule has 0 aliphatic rings. The summed E-state index contributed by atoms with van der Waals surface area (Å²) in [5.41, 5.74) is 0.376. The van der Waals surface area contributed by atoms with Crippen LogP contribution in [0.4, 0.5) is 5.69 Å². The van der Waals surface area contributed by atoms with Gasteiger partial charge in [-0.3, -0.25) is 0 Å². The summed E-state index contributed by atoms with van der Waals surface area (Å²) in [6.07, 6.45) is 1.40. The SMILES string of the molecule is CC(C)(C)OC(=O)c1cc(Br)ccc1NC=C(C#N)c1nn[nH]n1. The molecule has 0 spiro atoms. The number of rotatable bonds is 4. The summed E-state index contributed by atoms with van der Waals surface area (Å²) >= 11 is 3.33. The maximum Gasteiger partial charge on any atom is 0.340 e. The molecule has 124 valence electrons. The number of ether oxygens (including phenoxy) is 1. The number of H-pyrrole nitrogens is 1. The first-order valence-electron chi connectivity index (χ1n) is 6.93. The van der Waals surface area contributed by atoms with E-state index in [2.05, 4.69) is 41.9 Å². The molecule has 0 unspecified atom stereocenters. The maximum atomic E-state index is 12.4. The Kier molecular flexibility index (Phi) is 5.31. The number of aromatic nitrogens is 4. The number of anilines is 1. The van der Waals surface area contributed by atoms with Gasteiger partial charge < -0.3 is 10.1 Å². The minimum atomic E-state index is -0.616. The van der Waals surface area contributed by atoms with Crippen molar-refractivity contribution in [3.05, 3.63) is 40.3 Å². The van der Waals surface area contributed by atoms with Crippen molar-refractivity contribution in [1.29, 1.82) is 5.26 Å². The number of halogens is 1. The van der Waals surface area contributed by atoms with E-state index in [1.54, 1.807) is 39.0 Å². The van der Waals surface area contributed by atoms with Crippen molar-refractivity contribution in [3.63, 3.8) is 0 Å². The highest BCUT2D eigenvalue weighted by Gasteiger charge is 2.20. The highest BCUT2D eigenvalue weighted by Crippen LogP contribution is 2.24. The maximum absolute atomic E-state index is 12.4. The zero-order valence-corrected chi connectivity index (χ0v) is 14.9. The number of allylic oxidation sites excluding steroid dienone is 1. The Bertz CT molecular complexity index is 802. The van der Waals surface area contributed by atoms with Crippen LogP contribution >= 0.6 is 15.9 Å². The van der Waals surface area contributed by atoms with E-state index < -0.39 is 11.6 Å². The molecule has 24 heavy (non-hydrogen) atoms. The average molecular weight is 391 g/mol. The van der Waals surface area contributed by atoms with Crippen LogP contribution in [-0.4, -0.2) is 32.2 Å². The molecule has 0 bridgehead atoms. The van der Waals surface area contributed by atoms with Gasteiger partial charge in [0, 0.05) is 10.7 Å². The highest BCUT2D eigenvalue weighted by atomic mass is 79.9. The fourth-order valence-electron chi connectivity index (χ4n) is 1.72. The minimum absolute atomic E-state index is 0.154. The van der Waals surface area contributed by atoms with Gasteiger partial charge in [-0.1, -0.05) is 15.9 Å². The summed E-state index contributed by atoms with van der Waals surface area (Å²) in [7, 11) is 0. The second kappa shape index (κ2) is 7.23. The normalized spacial score (nSPS) is 11.7. The van der Waals surface area contributed by atoms with Crippen LogP contribution in [0, 0.1) is 11.3 Å². The number of esters is 1. The molecule has 2 N–H and O–H groups in total. The van der Waals surface area contributed by atoms with Crippen molar-refractivity contribution < 1.29 is 9.53 Å². The smallest absolute Gasteiger partial charge is 0.340 e. The van der Waals surface area contributed by atoms with Crippen molar-refractivity contribution in [2.24, 2.45) is 0 Å². The monoisotopic (exact) mass is 390 g/mol. The van der Waals surface area contributed by atoms with E-state index in [0.29, 0.717) is 11.3 Å². The van der Waals surface area contributed by atoms with Gasteiger partial charge in [0.05, 0.1) is 11.3 Å². The fourth-order valence-corrected chi connectivity index (χ4v) is 2.08. The molecule has 2 aromatic rings. The van der Waals surface area contributed by atoms with Crippen molar-refractivity contribution in [3.8, 4) is 6.07 Å². The number of nitrogens with zero attached hydrogens (tertiary/aromatic N) is 4. The van der Waals surface area contributed by atoms with Gasteiger partial charge in [-0.05, 0) is 44.2 Å². The number of carbonyl (C=O) groups excluding carboxylic acids is 1. The van der Waals surface area contributed by atoms with Crippen molar-refractivity contribution in [1.82, 2.24) is 20.6 Å². The first-order valence-corrected chi connectivity index (χ1v) is 7.73. The molecule has 0 aliphatic carbocycles. The number of tetrazole rings is 1. The third-order valence-electron chi connectivity index (χ3n) is 2.68. The molecule has 0 radical (unpaired) electrons. The molecule has 0 aliphatic heterocycles. The van der Waals surface area contributed by atoms with E-state index in [1.165, 1.54) is 6.20 Å². The number of hydrogen-bond acceptors (Lipinski definition) is 7. The molecule has 1 heterocycles. The predicted octanol–water partition coefficient (Wildman–Crippen LogP) is 2.89. The molecule has 8 nitrogen and oxygen atoms in total. The van der Waals surface area contributed by atoms with Crippen molar-refractivity contribution in [2.75, 3.05) is 5.32 Å². The molecule has 0 saturated carbocycles. The lowest BCUT2D eigenvalue weighted by Gasteiger charge is -2.20. The molecule has 1 aromatic carbocycles. The van der Waals surface area contributed by atoms with E-state index in [0.717, 1.165) is 4.47 Å². The van der Waals surface area contributed by atoms with Crippen LogP contribution in [0.2, 0.25) is 0 Å². The van der Waals surface area contributed by atoms with Gasteiger partial charge in [-0.25, -0.2) is 4.79 Å². The van der Waals surface area contributed by atoms with Crippen molar-refractivity contribution in [2.45, 2.75) is 26.4 Å². The van der Waals surface area contributed by atoms with Gasteiger partial charge >= 0.3 is 5.97 Å². The summed E-state index contributed by atoms with van der Waals surface area (Å²) in [5, 5.41) is 25.3. The van der Waals surface area contributed by atoms with Crippen molar-refractivity contribution >= 4 is 33.2 Å². The first kappa shape index (κ1) is 17.6. The van der Waals surface area contributed by atoms with E-state index in [9.17, 15) is 10.1 Å². The Morgan fingerprint density at radius 1 is 1.46 bits per heavy atom. The molecule has 0 fully saturated rings. The van der Waals surface area contributed by atoms with E-state index in [1.807, 2.05) is 6.07 Å². The quantitative estimate of drug-likeness (QED) is 0.608. The largest absolute Gasteiger partial charge is 0.456 e. The summed E-state index contributed by atoms with van der Waals surface area (Å²) in [5.74, 6) is -0.321. The lowest BCUT2D eigenvalue weighted by atomic mass is 10.1. The highest BCUT2D eigenvalue weighted by molar-refractivity contribution is 9.10. The topological polar surface area (TPSA) is 117 Å². The first-order chi connectivity index (χ1) is 11.3. The molecule has 1 aromatic heterocycles. The van der Waals surface area contributed by atoms with Crippen LogP contribution in [0.3, 0.4) is 0 Å². The van der Waals surface area contributed by atoms with Crippen LogP contribution in [0.5, 0.6) is 0 Å². The molecule has 0 atom stereocenters. The fraction of sp³-hybridized carbons (Fsp3) is 0.267. The van der Waals surface area contributed by atoms with E-state index in [-0.39, 0.29) is 11.4 Å². The predicted molar refractivity (Wildman–Crippen MR) is 90.7 cm³/mol. The Morgan fingerprint density at radius 2 is 2.21 bits per heavy atom. The van der Waals surface area contributed by atoms with Gasteiger partial charge in [-0.15, -0.1) is 10.2 Å². The van der Waals surface area contributed by atoms with Gasteiger partial charge in [0.1, 0.15) is 17.2 Å². The summed E-state index contributed by atoms with van der Waals surface area (Å²) < 4.78 is 6.13. The van der Waals surface area contributed by atoms with Gasteiger partial charge in [0.25, 0.3) is 0 Å². The Morgan fingerprint density at radius 3 is 2.79 bits per heavy atom. The minimum Gasteiger partial charge on any atom is -0.456 e. The third-order valence-corrected chi connectivity index (χ3v) is 3.17. The van der Waals surface area contributed by atoms with Crippen LogP contribution in [0.1, 0.15) is 37.0 Å². The second-order valence-electron chi connectivity index (χ2n) is 5.74. The zero-order chi connectivity index (χ0) is 17.7. The van der Waals surface area contributed by atoms with Gasteiger partial charge in [-0.2, -0.15) is 10.5 Å². The van der Waals surface area contributed by atoms with E-state index in [4.69, 9.17) is 4.74 Å². The summed E-state index contributed by atoms with van der Waals surface area (Å²) in [6, 6.07) is 7.07. The molecular formula is C15H15BrN6O2. The Labute approximate surface area is 147 Å². The second-order valence-corrected chi connectivity index (χ2v) is 6.66. The molecule has 0 amide bonds. The number of hydrogen-bond donors (Lipinski definition) is 2.